The zero-order valence-corrected chi connectivity index (χ0v) is 17.4. The average molecular weight is 419 g/mol. The summed E-state index contributed by atoms with van der Waals surface area (Å²) in [6.07, 6.45) is 5.47. The highest BCUT2D eigenvalue weighted by Gasteiger charge is 2.12. The number of aromatic nitrogens is 5. The Bertz CT molecular complexity index is 1190. The summed E-state index contributed by atoms with van der Waals surface area (Å²) >= 11 is 5.32. The number of benzene rings is 2. The molecule has 2 aromatic heterocycles. The lowest BCUT2D eigenvalue weighted by Gasteiger charge is -2.10. The summed E-state index contributed by atoms with van der Waals surface area (Å²) in [5.41, 5.74) is 4.26. The molecule has 0 aliphatic carbocycles. The van der Waals surface area contributed by atoms with Gasteiger partial charge in [0.05, 0.1) is 6.33 Å². The van der Waals surface area contributed by atoms with Crippen molar-refractivity contribution in [3.05, 3.63) is 88.7 Å². The SMILES string of the molecule is Cc1ccc(-c2n[nH]c(=S)n2CC(=O)NCc2cccc(Cn3ccnc3)c2)cc1. The van der Waals surface area contributed by atoms with Crippen molar-refractivity contribution < 1.29 is 4.79 Å². The van der Waals surface area contributed by atoms with Crippen LogP contribution in [0, 0.1) is 11.7 Å². The number of hydrogen-bond donors (Lipinski definition) is 2. The summed E-state index contributed by atoms with van der Waals surface area (Å²) in [5, 5.41) is 10.1. The van der Waals surface area contributed by atoms with E-state index in [-0.39, 0.29) is 12.5 Å². The van der Waals surface area contributed by atoms with E-state index in [1.165, 1.54) is 0 Å². The van der Waals surface area contributed by atoms with Crippen molar-refractivity contribution in [1.29, 1.82) is 0 Å². The molecule has 2 heterocycles. The number of imidazole rings is 1. The van der Waals surface area contributed by atoms with Crippen LogP contribution >= 0.6 is 12.2 Å². The highest BCUT2D eigenvalue weighted by molar-refractivity contribution is 7.71. The van der Waals surface area contributed by atoms with Gasteiger partial charge in [-0.15, -0.1) is 0 Å². The Morgan fingerprint density at radius 3 is 2.73 bits per heavy atom. The molecule has 0 unspecified atom stereocenters. The summed E-state index contributed by atoms with van der Waals surface area (Å²) in [4.78, 5) is 16.6. The van der Waals surface area contributed by atoms with Crippen molar-refractivity contribution in [1.82, 2.24) is 29.6 Å². The number of aryl methyl sites for hydroxylation is 1. The minimum atomic E-state index is -0.124. The molecule has 0 aliphatic rings. The molecular weight excluding hydrogens is 396 g/mol. The molecule has 2 N–H and O–H groups in total. The van der Waals surface area contributed by atoms with Gasteiger partial charge in [0.25, 0.3) is 0 Å². The maximum Gasteiger partial charge on any atom is 0.240 e. The largest absolute Gasteiger partial charge is 0.350 e. The molecule has 2 aromatic carbocycles. The second-order valence-corrected chi connectivity index (χ2v) is 7.52. The minimum absolute atomic E-state index is 0.104. The second kappa shape index (κ2) is 8.87. The maximum absolute atomic E-state index is 12.6. The van der Waals surface area contributed by atoms with Crippen LogP contribution in [0.2, 0.25) is 0 Å². The number of amides is 1. The quantitative estimate of drug-likeness (QED) is 0.450. The fourth-order valence-electron chi connectivity index (χ4n) is 3.22. The zero-order valence-electron chi connectivity index (χ0n) is 16.6. The van der Waals surface area contributed by atoms with Crippen molar-refractivity contribution in [3.8, 4) is 11.4 Å². The number of rotatable bonds is 7. The first kappa shape index (κ1) is 19.8. The van der Waals surface area contributed by atoms with Crippen LogP contribution < -0.4 is 5.32 Å². The molecule has 152 valence electrons. The molecule has 1 amide bonds. The van der Waals surface area contributed by atoms with E-state index in [2.05, 4.69) is 32.6 Å². The number of H-pyrrole nitrogens is 1. The molecule has 0 bridgehead atoms. The smallest absolute Gasteiger partial charge is 0.240 e. The van der Waals surface area contributed by atoms with Crippen LogP contribution in [0.5, 0.6) is 0 Å². The van der Waals surface area contributed by atoms with E-state index in [4.69, 9.17) is 12.2 Å². The highest BCUT2D eigenvalue weighted by Crippen LogP contribution is 2.18. The van der Waals surface area contributed by atoms with Gasteiger partial charge in [0, 0.05) is 31.0 Å². The maximum atomic E-state index is 12.6. The third-order valence-electron chi connectivity index (χ3n) is 4.78. The normalized spacial score (nSPS) is 10.8. The third kappa shape index (κ3) is 4.72. The van der Waals surface area contributed by atoms with Gasteiger partial charge >= 0.3 is 0 Å². The Morgan fingerprint density at radius 1 is 1.17 bits per heavy atom. The van der Waals surface area contributed by atoms with Crippen molar-refractivity contribution in [3.63, 3.8) is 0 Å². The molecule has 7 nitrogen and oxygen atoms in total. The summed E-state index contributed by atoms with van der Waals surface area (Å²) in [6.45, 7) is 3.32. The Hall–Kier alpha value is -3.52. The summed E-state index contributed by atoms with van der Waals surface area (Å²) in [5.74, 6) is 0.526. The standard InChI is InChI=1S/C22H22N6OS/c1-16-5-7-19(8-6-16)21-25-26-22(30)28(21)14-20(29)24-12-17-3-2-4-18(11-17)13-27-10-9-23-15-27/h2-11,15H,12-14H2,1H3,(H,24,29)(H,26,30). The number of nitrogens with zero attached hydrogens (tertiary/aromatic N) is 4. The molecule has 0 fully saturated rings. The second-order valence-electron chi connectivity index (χ2n) is 7.14. The van der Waals surface area contributed by atoms with Gasteiger partial charge in [-0.25, -0.2) is 4.98 Å². The van der Waals surface area contributed by atoms with Crippen LogP contribution in [0.4, 0.5) is 0 Å². The lowest BCUT2D eigenvalue weighted by atomic mass is 10.1. The molecule has 0 spiro atoms. The molecule has 0 radical (unpaired) electrons. The predicted octanol–water partition coefficient (Wildman–Crippen LogP) is 3.48. The van der Waals surface area contributed by atoms with Gasteiger partial charge < -0.3 is 9.88 Å². The fourth-order valence-corrected chi connectivity index (χ4v) is 3.41. The van der Waals surface area contributed by atoms with E-state index in [1.54, 1.807) is 17.1 Å². The van der Waals surface area contributed by atoms with Gasteiger partial charge in [-0.05, 0) is 30.3 Å². The van der Waals surface area contributed by atoms with Crippen molar-refractivity contribution in [2.45, 2.75) is 26.6 Å². The lowest BCUT2D eigenvalue weighted by molar-refractivity contribution is -0.121. The molecule has 4 rings (SSSR count). The minimum Gasteiger partial charge on any atom is -0.350 e. The van der Waals surface area contributed by atoms with Crippen LogP contribution in [0.15, 0.2) is 67.3 Å². The van der Waals surface area contributed by atoms with Gasteiger partial charge in [0.15, 0.2) is 10.6 Å². The first-order valence-electron chi connectivity index (χ1n) is 9.61. The van der Waals surface area contributed by atoms with Gasteiger partial charge in [0.2, 0.25) is 5.91 Å². The van der Waals surface area contributed by atoms with Gasteiger partial charge in [-0.3, -0.25) is 14.5 Å². The van der Waals surface area contributed by atoms with E-state index in [9.17, 15) is 4.79 Å². The topological polar surface area (TPSA) is 80.5 Å². The van der Waals surface area contributed by atoms with E-state index in [0.717, 1.165) is 28.8 Å². The van der Waals surface area contributed by atoms with Crippen LogP contribution in [0.25, 0.3) is 11.4 Å². The van der Waals surface area contributed by atoms with E-state index >= 15 is 0 Å². The predicted molar refractivity (Wildman–Crippen MR) is 117 cm³/mol. The summed E-state index contributed by atoms with van der Waals surface area (Å²) in [7, 11) is 0. The van der Waals surface area contributed by atoms with Crippen molar-refractivity contribution in [2.24, 2.45) is 0 Å². The number of nitrogens with one attached hydrogen (secondary N) is 2. The van der Waals surface area contributed by atoms with Crippen LogP contribution in [-0.2, 0) is 24.4 Å². The van der Waals surface area contributed by atoms with Gasteiger partial charge in [0.1, 0.15) is 6.54 Å². The van der Waals surface area contributed by atoms with Crippen molar-refractivity contribution >= 4 is 18.1 Å². The Kier molecular flexibility index (Phi) is 5.85. The first-order chi connectivity index (χ1) is 14.6. The molecule has 4 aromatic rings. The molecular formula is C22H22N6OS. The van der Waals surface area contributed by atoms with E-state index in [1.807, 2.05) is 54.1 Å². The Balaban J connectivity index is 1.41. The first-order valence-corrected chi connectivity index (χ1v) is 10.0. The van der Waals surface area contributed by atoms with Crippen LogP contribution in [0.3, 0.4) is 0 Å². The number of hydrogen-bond acceptors (Lipinski definition) is 4. The molecule has 0 atom stereocenters. The molecule has 0 saturated carbocycles. The fraction of sp³-hybridized carbons (Fsp3) is 0.182. The highest BCUT2D eigenvalue weighted by atomic mass is 32.1. The lowest BCUT2D eigenvalue weighted by Crippen LogP contribution is -2.27. The van der Waals surface area contributed by atoms with Gasteiger partial charge in [-0.1, -0.05) is 54.1 Å². The summed E-state index contributed by atoms with van der Waals surface area (Å²) in [6, 6.07) is 16.1. The molecule has 30 heavy (non-hydrogen) atoms. The molecule has 0 aliphatic heterocycles. The average Bonchev–Trinajstić information content (AvgIpc) is 3.38. The van der Waals surface area contributed by atoms with Gasteiger partial charge in [-0.2, -0.15) is 5.10 Å². The zero-order chi connectivity index (χ0) is 20.9. The number of carbonyl (C=O) groups excluding carboxylic acids is 1. The van der Waals surface area contributed by atoms with Crippen molar-refractivity contribution in [2.75, 3.05) is 0 Å². The van der Waals surface area contributed by atoms with E-state index < -0.39 is 0 Å². The third-order valence-corrected chi connectivity index (χ3v) is 5.09. The summed E-state index contributed by atoms with van der Waals surface area (Å²) < 4.78 is 4.14. The van der Waals surface area contributed by atoms with Crippen LogP contribution in [0.1, 0.15) is 16.7 Å². The monoisotopic (exact) mass is 418 g/mol. The Morgan fingerprint density at radius 2 is 1.97 bits per heavy atom. The number of aromatic amines is 1. The molecule has 0 saturated heterocycles. The van der Waals surface area contributed by atoms with E-state index in [0.29, 0.717) is 17.1 Å². The molecule has 8 heteroatoms. The Labute approximate surface area is 179 Å². The number of carbonyl (C=O) groups is 1. The van der Waals surface area contributed by atoms with Crippen LogP contribution in [-0.4, -0.2) is 30.2 Å².